The smallest absolute Gasteiger partial charge is 0.266 e. The fourth-order valence-corrected chi connectivity index (χ4v) is 4.56. The fraction of sp³-hybridized carbons (Fsp3) is 0.200. The molecule has 2 aromatic rings. The maximum absolute atomic E-state index is 14.2. The van der Waals surface area contributed by atoms with Crippen LogP contribution in [0.5, 0.6) is 0 Å². The van der Waals surface area contributed by atoms with Crippen LogP contribution in [0.3, 0.4) is 0 Å². The number of benzene rings is 2. The third-order valence-electron chi connectivity index (χ3n) is 4.44. The molecule has 1 aliphatic heterocycles. The molecule has 1 N–H and O–H groups in total. The summed E-state index contributed by atoms with van der Waals surface area (Å²) >= 11 is 5.69. The van der Waals surface area contributed by atoms with E-state index in [2.05, 4.69) is 4.99 Å². The van der Waals surface area contributed by atoms with Gasteiger partial charge in [0.15, 0.2) is 0 Å². The van der Waals surface area contributed by atoms with Crippen molar-refractivity contribution in [2.75, 3.05) is 0 Å². The summed E-state index contributed by atoms with van der Waals surface area (Å²) in [6, 6.07) is 6.47. The number of carbonyl (C=O) groups excluding carboxylic acids is 1. The van der Waals surface area contributed by atoms with E-state index in [0.29, 0.717) is 12.8 Å². The molecule has 10 heteroatoms. The second kappa shape index (κ2) is 8.61. The molecule has 0 bridgehead atoms. The first-order valence-corrected chi connectivity index (χ1v) is 10.8. The molecule has 30 heavy (non-hydrogen) atoms. The number of aliphatic imine (C=N–C) groups is 1. The minimum Gasteiger partial charge on any atom is -0.266 e. The topological polar surface area (TPSA) is 75.6 Å². The Morgan fingerprint density at radius 3 is 2.33 bits per heavy atom. The second-order valence-electron chi connectivity index (χ2n) is 6.53. The highest BCUT2D eigenvalue weighted by Crippen LogP contribution is 2.29. The van der Waals surface area contributed by atoms with E-state index in [-0.39, 0.29) is 17.0 Å². The molecule has 1 heterocycles. The highest BCUT2D eigenvalue weighted by molar-refractivity contribution is 7.90. The number of halogens is 4. The molecule has 1 atom stereocenters. The number of rotatable bonds is 6. The van der Waals surface area contributed by atoms with Gasteiger partial charge in [0.25, 0.3) is 15.9 Å². The number of hydrogen-bond donors (Lipinski definition) is 1. The Kier molecular flexibility index (Phi) is 6.33. The predicted octanol–water partition coefficient (Wildman–Crippen LogP) is 4.37. The molecule has 0 aliphatic carbocycles. The quantitative estimate of drug-likeness (QED) is 0.701. The number of nitrogens with zero attached hydrogens (tertiary/aromatic N) is 1. The number of carbonyl (C=O) groups is 1. The molecule has 0 fully saturated rings. The van der Waals surface area contributed by atoms with E-state index in [1.807, 2.05) is 6.92 Å². The minimum absolute atomic E-state index is 0.00112. The Hall–Kier alpha value is -2.65. The van der Waals surface area contributed by atoms with Crippen LogP contribution >= 0.6 is 11.6 Å². The lowest BCUT2D eigenvalue weighted by Crippen LogP contribution is -2.31. The van der Waals surface area contributed by atoms with Crippen molar-refractivity contribution in [1.29, 1.82) is 0 Å². The van der Waals surface area contributed by atoms with Gasteiger partial charge in [-0.25, -0.2) is 31.3 Å². The van der Waals surface area contributed by atoms with Crippen molar-refractivity contribution in [2.45, 2.75) is 24.7 Å². The normalized spacial score (nSPS) is 16.2. The lowest BCUT2D eigenvalue weighted by Gasteiger charge is -2.12. The lowest BCUT2D eigenvalue weighted by atomic mass is 9.93. The number of allylic oxidation sites excluding steroid dienone is 1. The van der Waals surface area contributed by atoms with Crippen LogP contribution in [0, 0.1) is 23.4 Å². The average Bonchev–Trinajstić information content (AvgIpc) is 3.07. The molecule has 0 spiro atoms. The molecule has 0 aromatic heterocycles. The van der Waals surface area contributed by atoms with Crippen LogP contribution in [0.25, 0.3) is 0 Å². The van der Waals surface area contributed by atoms with Gasteiger partial charge in [-0.2, -0.15) is 0 Å². The standard InChI is InChI=1S/C20H16ClF3N2O3S/c1-2-5-11-10-15(25-19(11)17-12(22)6-3-7-13(17)23)20(27)26-30(28,29)16-9-4-8-14(24)18(16)21/h3-4,6-11H,2,5H2,1H3,(H,26,27). The van der Waals surface area contributed by atoms with Gasteiger partial charge >= 0.3 is 0 Å². The highest BCUT2D eigenvalue weighted by Gasteiger charge is 2.31. The van der Waals surface area contributed by atoms with Gasteiger partial charge in [0.2, 0.25) is 0 Å². The molecule has 2 aromatic carbocycles. The second-order valence-corrected chi connectivity index (χ2v) is 8.56. The molecule has 0 saturated carbocycles. The zero-order valence-electron chi connectivity index (χ0n) is 15.6. The Labute approximate surface area is 176 Å². The van der Waals surface area contributed by atoms with E-state index in [9.17, 15) is 26.4 Å². The van der Waals surface area contributed by atoms with Crippen LogP contribution in [-0.4, -0.2) is 20.0 Å². The van der Waals surface area contributed by atoms with Crippen LogP contribution < -0.4 is 4.72 Å². The third kappa shape index (κ3) is 4.27. The van der Waals surface area contributed by atoms with Gasteiger partial charge in [0.05, 0.1) is 16.3 Å². The molecular weight excluding hydrogens is 441 g/mol. The van der Waals surface area contributed by atoms with E-state index >= 15 is 0 Å². The molecule has 158 valence electrons. The van der Waals surface area contributed by atoms with E-state index in [4.69, 9.17) is 11.6 Å². The van der Waals surface area contributed by atoms with Crippen LogP contribution in [0.2, 0.25) is 5.02 Å². The monoisotopic (exact) mass is 456 g/mol. The molecule has 0 radical (unpaired) electrons. The summed E-state index contributed by atoms with van der Waals surface area (Å²) in [6.45, 7) is 1.84. The minimum atomic E-state index is -4.51. The molecular formula is C20H16ClF3N2O3S. The van der Waals surface area contributed by atoms with E-state index < -0.39 is 49.2 Å². The van der Waals surface area contributed by atoms with Gasteiger partial charge in [-0.15, -0.1) is 0 Å². The summed E-state index contributed by atoms with van der Waals surface area (Å²) in [6.07, 6.45) is 2.41. The predicted molar refractivity (Wildman–Crippen MR) is 106 cm³/mol. The summed E-state index contributed by atoms with van der Waals surface area (Å²) < 4.78 is 68.7. The Bertz CT molecular complexity index is 1160. The largest absolute Gasteiger partial charge is 0.283 e. The molecule has 5 nitrogen and oxygen atoms in total. The SMILES string of the molecule is CCCC1C=C(C(=O)NS(=O)(=O)c2cccc(F)c2Cl)N=C1c1c(F)cccc1F. The van der Waals surface area contributed by atoms with Crippen LogP contribution in [0.4, 0.5) is 13.2 Å². The number of nitrogens with one attached hydrogen (secondary N) is 1. The van der Waals surface area contributed by atoms with Gasteiger partial charge in [-0.3, -0.25) is 4.79 Å². The summed E-state index contributed by atoms with van der Waals surface area (Å²) in [5.41, 5.74) is -0.688. The third-order valence-corrected chi connectivity index (χ3v) is 6.30. The Balaban J connectivity index is 1.95. The summed E-state index contributed by atoms with van der Waals surface area (Å²) in [5.74, 6) is -4.36. The summed E-state index contributed by atoms with van der Waals surface area (Å²) in [5, 5.41) is -0.667. The van der Waals surface area contributed by atoms with Gasteiger partial charge in [0, 0.05) is 5.92 Å². The van der Waals surface area contributed by atoms with E-state index in [0.717, 1.165) is 30.3 Å². The van der Waals surface area contributed by atoms with Crippen molar-refractivity contribution in [3.05, 3.63) is 76.2 Å². The molecule has 0 saturated heterocycles. The van der Waals surface area contributed by atoms with Crippen molar-refractivity contribution >= 4 is 33.2 Å². The fourth-order valence-electron chi connectivity index (χ4n) is 3.08. The summed E-state index contributed by atoms with van der Waals surface area (Å²) in [7, 11) is -4.51. The van der Waals surface area contributed by atoms with E-state index in [1.54, 1.807) is 4.72 Å². The average molecular weight is 457 g/mol. The van der Waals surface area contributed by atoms with Crippen molar-refractivity contribution in [2.24, 2.45) is 10.9 Å². The molecule has 1 unspecified atom stereocenters. The first kappa shape index (κ1) is 22.0. The Morgan fingerprint density at radius 1 is 1.10 bits per heavy atom. The Morgan fingerprint density at radius 2 is 1.70 bits per heavy atom. The zero-order chi connectivity index (χ0) is 22.1. The maximum Gasteiger partial charge on any atom is 0.283 e. The lowest BCUT2D eigenvalue weighted by molar-refractivity contribution is -0.115. The first-order chi connectivity index (χ1) is 14.2. The molecule has 1 aliphatic rings. The molecule has 3 rings (SSSR count). The van der Waals surface area contributed by atoms with Crippen molar-refractivity contribution in [1.82, 2.24) is 4.72 Å². The first-order valence-electron chi connectivity index (χ1n) is 8.91. The van der Waals surface area contributed by atoms with E-state index in [1.165, 1.54) is 12.1 Å². The highest BCUT2D eigenvalue weighted by atomic mass is 35.5. The van der Waals surface area contributed by atoms with Crippen molar-refractivity contribution in [3.8, 4) is 0 Å². The number of sulfonamides is 1. The van der Waals surface area contributed by atoms with Crippen molar-refractivity contribution < 1.29 is 26.4 Å². The van der Waals surface area contributed by atoms with Crippen LogP contribution in [0.15, 0.2) is 58.1 Å². The van der Waals surface area contributed by atoms with Gasteiger partial charge in [-0.1, -0.05) is 37.1 Å². The van der Waals surface area contributed by atoms with Crippen LogP contribution in [-0.2, 0) is 14.8 Å². The van der Waals surface area contributed by atoms with Crippen LogP contribution in [0.1, 0.15) is 25.3 Å². The summed E-state index contributed by atoms with van der Waals surface area (Å²) in [4.78, 5) is 15.9. The van der Waals surface area contributed by atoms with Gasteiger partial charge in [0.1, 0.15) is 28.0 Å². The molecule has 1 amide bonds. The van der Waals surface area contributed by atoms with Gasteiger partial charge < -0.3 is 0 Å². The van der Waals surface area contributed by atoms with Gasteiger partial charge in [-0.05, 0) is 36.8 Å². The number of amides is 1. The number of hydrogen-bond acceptors (Lipinski definition) is 4. The van der Waals surface area contributed by atoms with Crippen molar-refractivity contribution in [3.63, 3.8) is 0 Å². The maximum atomic E-state index is 14.2. The zero-order valence-corrected chi connectivity index (χ0v) is 17.2.